The van der Waals surface area contributed by atoms with Gasteiger partial charge in [0, 0.05) is 12.6 Å². The Morgan fingerprint density at radius 3 is 2.84 bits per heavy atom. The third-order valence-electron chi connectivity index (χ3n) is 3.68. The van der Waals surface area contributed by atoms with Crippen molar-refractivity contribution in [2.45, 2.75) is 38.1 Å². The quantitative estimate of drug-likeness (QED) is 0.728. The van der Waals surface area contributed by atoms with Crippen molar-refractivity contribution in [1.82, 2.24) is 9.55 Å². The molecule has 1 heterocycles. The third-order valence-corrected chi connectivity index (χ3v) is 4.21. The molecule has 1 aliphatic rings. The number of hydrogen-bond donors (Lipinski definition) is 0. The second-order valence-corrected chi connectivity index (χ2v) is 5.83. The molecule has 1 fully saturated rings. The molecule has 2 nitrogen and oxygen atoms in total. The number of nitrogens with zero attached hydrogens (tertiary/aromatic N) is 2. The number of imidazole rings is 1. The number of aryl methyl sites for hydroxylation is 1. The zero-order valence-electron chi connectivity index (χ0n) is 10.5. The molecule has 0 unspecified atom stereocenters. The summed E-state index contributed by atoms with van der Waals surface area (Å²) in [6, 6.07) is 3.03. The van der Waals surface area contributed by atoms with Crippen LogP contribution < -0.4 is 0 Å². The molecule has 0 radical (unpaired) electrons. The highest BCUT2D eigenvalue weighted by Gasteiger charge is 2.21. The van der Waals surface area contributed by atoms with Crippen LogP contribution in [0.4, 0.5) is 4.39 Å². The Morgan fingerprint density at radius 1 is 1.37 bits per heavy atom. The molecule has 0 N–H and O–H groups in total. The van der Waals surface area contributed by atoms with Gasteiger partial charge < -0.3 is 4.57 Å². The Kier molecular flexibility index (Phi) is 3.68. The summed E-state index contributed by atoms with van der Waals surface area (Å²) in [5, 5.41) is 0.108. The molecule has 2 aromatic rings. The monoisotopic (exact) mass is 300 g/mol. The van der Waals surface area contributed by atoms with Crippen molar-refractivity contribution in [1.29, 1.82) is 0 Å². The van der Waals surface area contributed by atoms with Crippen molar-refractivity contribution < 1.29 is 4.39 Å². The lowest BCUT2D eigenvalue weighted by Gasteiger charge is -2.07. The number of halogens is 3. The van der Waals surface area contributed by atoms with E-state index in [2.05, 4.69) is 4.98 Å². The maximum Gasteiger partial charge on any atom is 0.144 e. The summed E-state index contributed by atoms with van der Waals surface area (Å²) in [6.07, 6.45) is 5.04. The van der Waals surface area contributed by atoms with Crippen LogP contribution in [-0.4, -0.2) is 9.55 Å². The average Bonchev–Trinajstić information content (AvgIpc) is 3.15. The van der Waals surface area contributed by atoms with E-state index in [4.69, 9.17) is 23.2 Å². The molecule has 19 heavy (non-hydrogen) atoms. The normalized spacial score (nSPS) is 15.3. The molecule has 3 rings (SSSR count). The minimum absolute atomic E-state index is 0.108. The van der Waals surface area contributed by atoms with Gasteiger partial charge in [-0.3, -0.25) is 0 Å². The molecular formula is C14H15Cl2FN2. The van der Waals surface area contributed by atoms with Gasteiger partial charge in [0.2, 0.25) is 0 Å². The van der Waals surface area contributed by atoms with Crippen molar-refractivity contribution in [3.63, 3.8) is 0 Å². The summed E-state index contributed by atoms with van der Waals surface area (Å²) in [6.45, 7) is 0.843. The third kappa shape index (κ3) is 2.72. The van der Waals surface area contributed by atoms with Gasteiger partial charge in [0.15, 0.2) is 0 Å². The number of rotatable bonds is 5. The van der Waals surface area contributed by atoms with Gasteiger partial charge in [0.1, 0.15) is 11.6 Å². The largest absolute Gasteiger partial charge is 0.327 e. The first-order valence-corrected chi connectivity index (χ1v) is 7.50. The van der Waals surface area contributed by atoms with Gasteiger partial charge in [0.25, 0.3) is 0 Å². The van der Waals surface area contributed by atoms with Crippen LogP contribution in [0, 0.1) is 11.7 Å². The SMILES string of the molecule is Fc1cc2c(cc1Cl)nc(CCl)n2CCCC1CC1. The molecule has 0 aliphatic heterocycles. The van der Waals surface area contributed by atoms with Gasteiger partial charge in [-0.15, -0.1) is 11.6 Å². The Hall–Kier alpha value is -0.800. The minimum atomic E-state index is -0.404. The van der Waals surface area contributed by atoms with Gasteiger partial charge in [-0.1, -0.05) is 24.4 Å². The van der Waals surface area contributed by atoms with Crippen molar-refractivity contribution in [3.8, 4) is 0 Å². The van der Waals surface area contributed by atoms with E-state index < -0.39 is 5.82 Å². The maximum absolute atomic E-state index is 13.6. The molecule has 1 aromatic heterocycles. The Morgan fingerprint density at radius 2 is 2.16 bits per heavy atom. The van der Waals surface area contributed by atoms with Gasteiger partial charge >= 0.3 is 0 Å². The fourth-order valence-electron chi connectivity index (χ4n) is 2.47. The summed E-state index contributed by atoms with van der Waals surface area (Å²) < 4.78 is 15.6. The summed E-state index contributed by atoms with van der Waals surface area (Å²) in [4.78, 5) is 4.43. The summed E-state index contributed by atoms with van der Waals surface area (Å²) in [5.74, 6) is 1.62. The Labute approximate surface area is 121 Å². The molecule has 0 saturated heterocycles. The first kappa shape index (κ1) is 13.2. The predicted molar refractivity (Wildman–Crippen MR) is 76.2 cm³/mol. The molecule has 1 aromatic carbocycles. The van der Waals surface area contributed by atoms with Crippen molar-refractivity contribution in [2.24, 2.45) is 5.92 Å². The van der Waals surface area contributed by atoms with E-state index in [1.807, 2.05) is 4.57 Å². The van der Waals surface area contributed by atoms with Crippen LogP contribution >= 0.6 is 23.2 Å². The van der Waals surface area contributed by atoms with E-state index >= 15 is 0 Å². The van der Waals surface area contributed by atoms with Crippen molar-refractivity contribution in [3.05, 3.63) is 28.8 Å². The number of benzene rings is 1. The highest BCUT2D eigenvalue weighted by atomic mass is 35.5. The lowest BCUT2D eigenvalue weighted by Crippen LogP contribution is -2.03. The van der Waals surface area contributed by atoms with Crippen LogP contribution in [0.1, 0.15) is 31.5 Å². The topological polar surface area (TPSA) is 17.8 Å². The van der Waals surface area contributed by atoms with E-state index in [9.17, 15) is 4.39 Å². The van der Waals surface area contributed by atoms with Gasteiger partial charge in [0.05, 0.1) is 21.9 Å². The molecule has 102 valence electrons. The van der Waals surface area contributed by atoms with Crippen LogP contribution in [-0.2, 0) is 12.4 Å². The molecular weight excluding hydrogens is 286 g/mol. The summed E-state index contributed by atoms with van der Waals surface area (Å²) in [7, 11) is 0. The molecule has 1 aliphatic carbocycles. The fourth-order valence-corrected chi connectivity index (χ4v) is 2.83. The highest BCUT2D eigenvalue weighted by Crippen LogP contribution is 2.34. The first-order chi connectivity index (χ1) is 9.19. The Balaban J connectivity index is 1.91. The highest BCUT2D eigenvalue weighted by molar-refractivity contribution is 6.31. The molecule has 1 saturated carbocycles. The van der Waals surface area contributed by atoms with E-state index in [1.54, 1.807) is 6.07 Å². The lowest BCUT2D eigenvalue weighted by atomic mass is 10.2. The van der Waals surface area contributed by atoms with E-state index in [1.165, 1.54) is 25.3 Å². The van der Waals surface area contributed by atoms with Crippen molar-refractivity contribution >= 4 is 34.2 Å². The average molecular weight is 301 g/mol. The van der Waals surface area contributed by atoms with Gasteiger partial charge in [-0.05, 0) is 24.8 Å². The van der Waals surface area contributed by atoms with Crippen LogP contribution in [0.2, 0.25) is 5.02 Å². The van der Waals surface area contributed by atoms with Crippen LogP contribution in [0.25, 0.3) is 11.0 Å². The van der Waals surface area contributed by atoms with E-state index in [0.29, 0.717) is 11.4 Å². The zero-order chi connectivity index (χ0) is 13.4. The van der Waals surface area contributed by atoms with Crippen LogP contribution in [0.15, 0.2) is 12.1 Å². The minimum Gasteiger partial charge on any atom is -0.327 e. The van der Waals surface area contributed by atoms with Gasteiger partial charge in [-0.25, -0.2) is 9.37 Å². The van der Waals surface area contributed by atoms with Crippen molar-refractivity contribution in [2.75, 3.05) is 0 Å². The second kappa shape index (κ2) is 5.29. The predicted octanol–water partition coefficient (Wildman–Crippen LogP) is 4.76. The molecule has 0 atom stereocenters. The van der Waals surface area contributed by atoms with Crippen LogP contribution in [0.5, 0.6) is 0 Å². The number of hydrogen-bond acceptors (Lipinski definition) is 1. The smallest absolute Gasteiger partial charge is 0.144 e. The number of fused-ring (bicyclic) bond motifs is 1. The number of aromatic nitrogens is 2. The van der Waals surface area contributed by atoms with E-state index in [-0.39, 0.29) is 5.02 Å². The Bertz CT molecular complexity index is 605. The standard InChI is InChI=1S/C14H15Cl2FN2/c15-8-14-18-12-6-10(16)11(17)7-13(12)19(14)5-1-2-9-3-4-9/h6-7,9H,1-5,8H2. The summed E-state index contributed by atoms with van der Waals surface area (Å²) in [5.41, 5.74) is 1.50. The van der Waals surface area contributed by atoms with E-state index in [0.717, 1.165) is 30.2 Å². The lowest BCUT2D eigenvalue weighted by molar-refractivity contribution is 0.574. The van der Waals surface area contributed by atoms with Gasteiger partial charge in [-0.2, -0.15) is 0 Å². The molecule has 0 spiro atoms. The summed E-state index contributed by atoms with van der Waals surface area (Å²) >= 11 is 11.7. The second-order valence-electron chi connectivity index (χ2n) is 5.15. The molecule has 0 bridgehead atoms. The fraction of sp³-hybridized carbons (Fsp3) is 0.500. The zero-order valence-corrected chi connectivity index (χ0v) is 12.0. The maximum atomic E-state index is 13.6. The number of alkyl halides is 1. The molecule has 5 heteroatoms. The first-order valence-electron chi connectivity index (χ1n) is 6.59. The molecule has 0 amide bonds. The van der Waals surface area contributed by atoms with Crippen LogP contribution in [0.3, 0.4) is 0 Å².